The highest BCUT2D eigenvalue weighted by atomic mass is 35.5. The fraction of sp³-hybridized carbons (Fsp3) is 0.0870. The Morgan fingerprint density at radius 2 is 1.81 bits per heavy atom. The molecule has 1 heterocycles. The number of nitrogens with zero attached hydrogens (tertiary/aromatic N) is 3. The first-order chi connectivity index (χ1) is 15.1. The Morgan fingerprint density at radius 3 is 2.52 bits per heavy atom. The van der Waals surface area contributed by atoms with E-state index < -0.39 is 0 Å². The summed E-state index contributed by atoms with van der Waals surface area (Å²) in [6.07, 6.45) is 0. The number of hydrogen-bond acceptors (Lipinski definition) is 5. The fourth-order valence-corrected chi connectivity index (χ4v) is 3.94. The summed E-state index contributed by atoms with van der Waals surface area (Å²) in [7, 11) is 1.63. The first-order valence-corrected chi connectivity index (χ1v) is 10.8. The SMILES string of the molecule is COc1ccc(-c2nnc(SCC(=O)Nc3cccc(Cl)c3)n2-c2ccccc2)cc1. The lowest BCUT2D eigenvalue weighted by Crippen LogP contribution is -2.14. The van der Waals surface area contributed by atoms with Crippen molar-refractivity contribution in [2.75, 3.05) is 18.2 Å². The van der Waals surface area contributed by atoms with Crippen LogP contribution in [0.15, 0.2) is 84.0 Å². The van der Waals surface area contributed by atoms with Crippen LogP contribution in [0.4, 0.5) is 5.69 Å². The van der Waals surface area contributed by atoms with Crippen molar-refractivity contribution in [3.05, 3.63) is 83.9 Å². The molecule has 0 radical (unpaired) electrons. The lowest BCUT2D eigenvalue weighted by Gasteiger charge is -2.11. The summed E-state index contributed by atoms with van der Waals surface area (Å²) in [5, 5.41) is 12.8. The molecule has 0 unspecified atom stereocenters. The lowest BCUT2D eigenvalue weighted by atomic mass is 10.2. The third-order valence-electron chi connectivity index (χ3n) is 4.44. The molecule has 0 aliphatic carbocycles. The summed E-state index contributed by atoms with van der Waals surface area (Å²) >= 11 is 7.30. The van der Waals surface area contributed by atoms with Crippen molar-refractivity contribution in [3.63, 3.8) is 0 Å². The van der Waals surface area contributed by atoms with Crippen LogP contribution in [-0.4, -0.2) is 33.5 Å². The highest BCUT2D eigenvalue weighted by molar-refractivity contribution is 7.99. The molecule has 8 heteroatoms. The van der Waals surface area contributed by atoms with Gasteiger partial charge in [-0.25, -0.2) is 0 Å². The standard InChI is InChI=1S/C23H19ClN4O2S/c1-30-20-12-10-16(11-13-20)22-26-27-23(28(22)19-8-3-2-4-9-19)31-15-21(29)25-18-7-5-6-17(24)14-18/h2-14H,15H2,1H3,(H,25,29). The second-order valence-corrected chi connectivity index (χ2v) is 7.93. The van der Waals surface area contributed by atoms with E-state index in [1.165, 1.54) is 11.8 Å². The predicted molar refractivity (Wildman–Crippen MR) is 124 cm³/mol. The monoisotopic (exact) mass is 450 g/mol. The molecule has 0 fully saturated rings. The minimum absolute atomic E-state index is 0.152. The Balaban J connectivity index is 1.58. The molecule has 3 aromatic carbocycles. The highest BCUT2D eigenvalue weighted by Gasteiger charge is 2.17. The number of carbonyl (C=O) groups excluding carboxylic acids is 1. The molecule has 156 valence electrons. The van der Waals surface area contributed by atoms with E-state index in [0.717, 1.165) is 17.0 Å². The van der Waals surface area contributed by atoms with Crippen molar-refractivity contribution in [3.8, 4) is 22.8 Å². The van der Waals surface area contributed by atoms with Crippen LogP contribution in [0.5, 0.6) is 5.75 Å². The maximum Gasteiger partial charge on any atom is 0.234 e. The minimum Gasteiger partial charge on any atom is -0.497 e. The Hall–Kier alpha value is -3.29. The van der Waals surface area contributed by atoms with E-state index in [2.05, 4.69) is 15.5 Å². The normalized spacial score (nSPS) is 10.6. The van der Waals surface area contributed by atoms with Gasteiger partial charge in [0.25, 0.3) is 0 Å². The third kappa shape index (κ3) is 5.07. The third-order valence-corrected chi connectivity index (χ3v) is 5.60. The van der Waals surface area contributed by atoms with Gasteiger partial charge in [0, 0.05) is 22.0 Å². The molecule has 1 amide bonds. The number of nitrogens with one attached hydrogen (secondary N) is 1. The number of ether oxygens (including phenoxy) is 1. The molecule has 6 nitrogen and oxygen atoms in total. The van der Waals surface area contributed by atoms with Crippen molar-refractivity contribution in [2.24, 2.45) is 0 Å². The molecule has 0 saturated carbocycles. The quantitative estimate of drug-likeness (QED) is 0.385. The average Bonchev–Trinajstić information content (AvgIpc) is 3.22. The topological polar surface area (TPSA) is 69.0 Å². The number of hydrogen-bond donors (Lipinski definition) is 1. The van der Waals surface area contributed by atoms with Crippen LogP contribution in [0.2, 0.25) is 5.02 Å². The number of anilines is 1. The molecule has 4 aromatic rings. The average molecular weight is 451 g/mol. The van der Waals surface area contributed by atoms with Crippen molar-refractivity contribution in [1.82, 2.24) is 14.8 Å². The van der Waals surface area contributed by atoms with Crippen molar-refractivity contribution in [2.45, 2.75) is 5.16 Å². The van der Waals surface area contributed by atoms with Crippen molar-refractivity contribution >= 4 is 35.0 Å². The molecule has 1 aromatic heterocycles. The molecule has 0 atom stereocenters. The van der Waals surface area contributed by atoms with Gasteiger partial charge in [-0.2, -0.15) is 0 Å². The van der Waals surface area contributed by atoms with Crippen LogP contribution in [0, 0.1) is 0 Å². The summed E-state index contributed by atoms with van der Waals surface area (Å²) in [4.78, 5) is 12.4. The second kappa shape index (κ2) is 9.68. The van der Waals surface area contributed by atoms with E-state index in [1.54, 1.807) is 31.4 Å². The van der Waals surface area contributed by atoms with E-state index in [0.29, 0.717) is 21.7 Å². The van der Waals surface area contributed by atoms with Gasteiger partial charge in [0.05, 0.1) is 12.9 Å². The number of carbonyl (C=O) groups is 1. The van der Waals surface area contributed by atoms with Crippen LogP contribution in [0.25, 0.3) is 17.1 Å². The number of para-hydroxylation sites is 1. The summed E-state index contributed by atoms with van der Waals surface area (Å²) in [6, 6.07) is 24.5. The molecule has 0 saturated heterocycles. The maximum atomic E-state index is 12.4. The Morgan fingerprint density at radius 1 is 1.03 bits per heavy atom. The van der Waals surface area contributed by atoms with Gasteiger partial charge in [-0.05, 0) is 54.6 Å². The fourth-order valence-electron chi connectivity index (χ4n) is 2.99. The molecule has 0 bridgehead atoms. The smallest absolute Gasteiger partial charge is 0.234 e. The van der Waals surface area contributed by atoms with Gasteiger partial charge >= 0.3 is 0 Å². The Kier molecular flexibility index (Phi) is 6.54. The van der Waals surface area contributed by atoms with Crippen LogP contribution in [0.3, 0.4) is 0 Å². The summed E-state index contributed by atoms with van der Waals surface area (Å²) < 4.78 is 7.19. The van der Waals surface area contributed by atoms with Gasteiger partial charge in [-0.1, -0.05) is 47.6 Å². The van der Waals surface area contributed by atoms with Gasteiger partial charge in [0.2, 0.25) is 5.91 Å². The molecule has 0 aliphatic heterocycles. The molecule has 31 heavy (non-hydrogen) atoms. The van der Waals surface area contributed by atoms with Gasteiger partial charge in [-0.3, -0.25) is 9.36 Å². The van der Waals surface area contributed by atoms with Crippen LogP contribution in [0.1, 0.15) is 0 Å². The number of methoxy groups -OCH3 is 1. The van der Waals surface area contributed by atoms with Crippen molar-refractivity contribution in [1.29, 1.82) is 0 Å². The number of rotatable bonds is 7. The van der Waals surface area contributed by atoms with Crippen LogP contribution >= 0.6 is 23.4 Å². The Bertz CT molecular complexity index is 1180. The van der Waals surface area contributed by atoms with Gasteiger partial charge in [0.1, 0.15) is 5.75 Å². The first kappa shape index (κ1) is 21.0. The zero-order chi connectivity index (χ0) is 21.6. The zero-order valence-electron chi connectivity index (χ0n) is 16.7. The largest absolute Gasteiger partial charge is 0.497 e. The Labute approximate surface area is 189 Å². The molecule has 0 aliphatic rings. The van der Waals surface area contributed by atoms with E-state index in [-0.39, 0.29) is 11.7 Å². The van der Waals surface area contributed by atoms with Crippen molar-refractivity contribution < 1.29 is 9.53 Å². The lowest BCUT2D eigenvalue weighted by molar-refractivity contribution is -0.113. The number of benzene rings is 3. The molecule has 0 spiro atoms. The second-order valence-electron chi connectivity index (χ2n) is 6.55. The zero-order valence-corrected chi connectivity index (χ0v) is 18.2. The molecule has 1 N–H and O–H groups in total. The summed E-state index contributed by atoms with van der Waals surface area (Å²) in [6.45, 7) is 0. The van der Waals surface area contributed by atoms with Gasteiger partial charge in [0.15, 0.2) is 11.0 Å². The molecular formula is C23H19ClN4O2S. The predicted octanol–water partition coefficient (Wildman–Crippen LogP) is 5.33. The van der Waals surface area contributed by atoms with Crippen LogP contribution in [-0.2, 0) is 4.79 Å². The number of thioether (sulfide) groups is 1. The van der Waals surface area contributed by atoms with E-state index in [4.69, 9.17) is 16.3 Å². The highest BCUT2D eigenvalue weighted by Crippen LogP contribution is 2.29. The van der Waals surface area contributed by atoms with Crippen LogP contribution < -0.4 is 10.1 Å². The number of aromatic nitrogens is 3. The minimum atomic E-state index is -0.152. The van der Waals surface area contributed by atoms with E-state index in [9.17, 15) is 4.79 Å². The molecule has 4 rings (SSSR count). The van der Waals surface area contributed by atoms with Gasteiger partial charge < -0.3 is 10.1 Å². The van der Waals surface area contributed by atoms with E-state index >= 15 is 0 Å². The molecular weight excluding hydrogens is 432 g/mol. The van der Waals surface area contributed by atoms with Gasteiger partial charge in [-0.15, -0.1) is 10.2 Å². The summed E-state index contributed by atoms with van der Waals surface area (Å²) in [5.74, 6) is 1.48. The summed E-state index contributed by atoms with van der Waals surface area (Å²) in [5.41, 5.74) is 2.46. The van der Waals surface area contributed by atoms with E-state index in [1.807, 2.05) is 59.2 Å². The maximum absolute atomic E-state index is 12.4. The number of amides is 1. The number of halogens is 1. The first-order valence-electron chi connectivity index (χ1n) is 9.47.